The van der Waals surface area contributed by atoms with E-state index >= 15 is 0 Å². The molecule has 2 N–H and O–H groups in total. The van der Waals surface area contributed by atoms with Gasteiger partial charge in [0.25, 0.3) is 11.8 Å². The quantitative estimate of drug-likeness (QED) is 0.750. The molecular formula is C20H24N4O4. The molecular weight excluding hydrogens is 360 g/mol. The van der Waals surface area contributed by atoms with E-state index in [4.69, 9.17) is 9.47 Å². The van der Waals surface area contributed by atoms with Crippen LogP contribution >= 0.6 is 0 Å². The van der Waals surface area contributed by atoms with Crippen molar-refractivity contribution < 1.29 is 19.1 Å². The minimum absolute atomic E-state index is 0.203. The van der Waals surface area contributed by atoms with E-state index in [-0.39, 0.29) is 17.5 Å². The van der Waals surface area contributed by atoms with E-state index in [2.05, 4.69) is 20.5 Å². The molecule has 3 rings (SSSR count). The van der Waals surface area contributed by atoms with Crippen LogP contribution in [0.3, 0.4) is 0 Å². The van der Waals surface area contributed by atoms with Gasteiger partial charge in [0.1, 0.15) is 11.4 Å². The highest BCUT2D eigenvalue weighted by molar-refractivity contribution is 6.06. The Balaban J connectivity index is 1.57. The highest BCUT2D eigenvalue weighted by Crippen LogP contribution is 2.23. The van der Waals surface area contributed by atoms with E-state index in [1.54, 1.807) is 24.3 Å². The van der Waals surface area contributed by atoms with Crippen molar-refractivity contribution in [1.82, 2.24) is 15.2 Å². The Hall–Kier alpha value is -2.97. The van der Waals surface area contributed by atoms with Crippen molar-refractivity contribution in [1.29, 1.82) is 0 Å². The van der Waals surface area contributed by atoms with Crippen LogP contribution in [-0.4, -0.2) is 68.2 Å². The summed E-state index contributed by atoms with van der Waals surface area (Å²) in [6.07, 6.45) is 1.45. The number of rotatable bonds is 7. The van der Waals surface area contributed by atoms with Gasteiger partial charge in [0.2, 0.25) is 0 Å². The molecule has 0 atom stereocenters. The number of nitrogens with one attached hydrogen (secondary N) is 2. The monoisotopic (exact) mass is 384 g/mol. The van der Waals surface area contributed by atoms with E-state index in [0.717, 1.165) is 32.8 Å². The molecule has 1 aromatic heterocycles. The first-order valence-electron chi connectivity index (χ1n) is 9.16. The number of methoxy groups -OCH3 is 1. The molecule has 0 radical (unpaired) electrons. The number of benzene rings is 1. The third kappa shape index (κ3) is 5.28. The number of nitrogens with zero attached hydrogens (tertiary/aromatic N) is 2. The number of ether oxygens (including phenoxy) is 2. The molecule has 1 saturated heterocycles. The normalized spacial score (nSPS) is 14.3. The van der Waals surface area contributed by atoms with Gasteiger partial charge in [-0.05, 0) is 24.3 Å². The number of hydrogen-bond acceptors (Lipinski definition) is 6. The van der Waals surface area contributed by atoms with Crippen LogP contribution in [0.2, 0.25) is 0 Å². The first-order valence-corrected chi connectivity index (χ1v) is 9.16. The first-order chi connectivity index (χ1) is 13.7. The van der Waals surface area contributed by atoms with Gasteiger partial charge in [-0.15, -0.1) is 0 Å². The van der Waals surface area contributed by atoms with Crippen molar-refractivity contribution in [2.24, 2.45) is 0 Å². The molecule has 1 aromatic carbocycles. The molecule has 0 bridgehead atoms. The molecule has 1 fully saturated rings. The molecule has 1 aliphatic rings. The van der Waals surface area contributed by atoms with Crippen LogP contribution in [0.4, 0.5) is 5.69 Å². The van der Waals surface area contributed by atoms with Crippen molar-refractivity contribution in [2.45, 2.75) is 0 Å². The van der Waals surface area contributed by atoms with Crippen LogP contribution in [0.15, 0.2) is 42.6 Å². The zero-order chi connectivity index (χ0) is 19.8. The van der Waals surface area contributed by atoms with Gasteiger partial charge in [-0.25, -0.2) is 0 Å². The second-order valence-corrected chi connectivity index (χ2v) is 6.29. The van der Waals surface area contributed by atoms with Gasteiger partial charge in [-0.1, -0.05) is 12.1 Å². The number of morpholine rings is 1. The predicted molar refractivity (Wildman–Crippen MR) is 105 cm³/mol. The van der Waals surface area contributed by atoms with Crippen LogP contribution in [-0.2, 0) is 4.74 Å². The highest BCUT2D eigenvalue weighted by atomic mass is 16.5. The largest absolute Gasteiger partial charge is 0.495 e. The van der Waals surface area contributed by atoms with Gasteiger partial charge in [-0.3, -0.25) is 19.5 Å². The summed E-state index contributed by atoms with van der Waals surface area (Å²) in [5.41, 5.74) is 1.11. The molecule has 148 valence electrons. The fourth-order valence-electron chi connectivity index (χ4n) is 2.88. The number of carbonyl (C=O) groups excluding carboxylic acids is 2. The Morgan fingerprint density at radius 3 is 2.75 bits per heavy atom. The van der Waals surface area contributed by atoms with Crippen molar-refractivity contribution in [3.63, 3.8) is 0 Å². The van der Waals surface area contributed by atoms with Gasteiger partial charge in [-0.2, -0.15) is 0 Å². The zero-order valence-electron chi connectivity index (χ0n) is 15.8. The average Bonchev–Trinajstić information content (AvgIpc) is 2.75. The van der Waals surface area contributed by atoms with E-state index < -0.39 is 0 Å². The molecule has 8 heteroatoms. The Bertz CT molecular complexity index is 821. The summed E-state index contributed by atoms with van der Waals surface area (Å²) >= 11 is 0. The number of hydrogen-bond donors (Lipinski definition) is 2. The fourth-order valence-corrected chi connectivity index (χ4v) is 2.88. The maximum absolute atomic E-state index is 12.5. The lowest BCUT2D eigenvalue weighted by Gasteiger charge is -2.26. The van der Waals surface area contributed by atoms with Crippen LogP contribution < -0.4 is 15.4 Å². The Morgan fingerprint density at radius 2 is 1.96 bits per heavy atom. The molecule has 0 saturated carbocycles. The summed E-state index contributed by atoms with van der Waals surface area (Å²) in [5, 5.41) is 5.63. The maximum atomic E-state index is 12.5. The number of carbonyl (C=O) groups is 2. The van der Waals surface area contributed by atoms with Crippen molar-refractivity contribution >= 4 is 17.5 Å². The topological polar surface area (TPSA) is 92.8 Å². The molecule has 0 aliphatic carbocycles. The summed E-state index contributed by atoms with van der Waals surface area (Å²) in [6, 6.07) is 10.2. The third-order valence-electron chi connectivity index (χ3n) is 4.43. The molecule has 2 heterocycles. The summed E-state index contributed by atoms with van der Waals surface area (Å²) in [4.78, 5) is 31.2. The van der Waals surface area contributed by atoms with Gasteiger partial charge in [0.15, 0.2) is 0 Å². The smallest absolute Gasteiger partial charge is 0.269 e. The van der Waals surface area contributed by atoms with Crippen molar-refractivity contribution in [3.8, 4) is 5.75 Å². The summed E-state index contributed by atoms with van der Waals surface area (Å²) in [6.45, 7) is 4.44. The molecule has 0 spiro atoms. The molecule has 28 heavy (non-hydrogen) atoms. The van der Waals surface area contributed by atoms with E-state index in [9.17, 15) is 9.59 Å². The Labute approximate surface area is 163 Å². The molecule has 1 aliphatic heterocycles. The highest BCUT2D eigenvalue weighted by Gasteiger charge is 2.14. The number of anilines is 1. The van der Waals surface area contributed by atoms with Gasteiger partial charge in [0, 0.05) is 37.9 Å². The number of para-hydroxylation sites is 2. The third-order valence-corrected chi connectivity index (χ3v) is 4.43. The lowest BCUT2D eigenvalue weighted by molar-refractivity contribution is 0.0383. The number of pyridine rings is 1. The molecule has 0 unspecified atom stereocenters. The molecule has 8 nitrogen and oxygen atoms in total. The molecule has 2 amide bonds. The lowest BCUT2D eigenvalue weighted by atomic mass is 10.2. The maximum Gasteiger partial charge on any atom is 0.269 e. The standard InChI is InChI=1S/C20H24N4O4/c1-27-18-5-3-2-4-16(18)23-19(25)15-6-7-21-17(14-15)20(26)22-8-9-24-10-12-28-13-11-24/h2-7,14H,8-13H2,1H3,(H,22,26)(H,23,25). The van der Waals surface area contributed by atoms with E-state index in [0.29, 0.717) is 23.5 Å². The van der Waals surface area contributed by atoms with Crippen LogP contribution in [0, 0.1) is 0 Å². The second-order valence-electron chi connectivity index (χ2n) is 6.29. The van der Waals surface area contributed by atoms with E-state index in [1.807, 2.05) is 6.07 Å². The fraction of sp³-hybridized carbons (Fsp3) is 0.350. The van der Waals surface area contributed by atoms with Crippen molar-refractivity contribution in [3.05, 3.63) is 53.9 Å². The van der Waals surface area contributed by atoms with Gasteiger partial charge in [0.05, 0.1) is 26.0 Å². The average molecular weight is 384 g/mol. The summed E-state index contributed by atoms with van der Waals surface area (Å²) in [7, 11) is 1.54. The molecule has 2 aromatic rings. The number of amides is 2. The number of aromatic nitrogens is 1. The minimum Gasteiger partial charge on any atom is -0.495 e. The first kappa shape index (κ1) is 19.8. The van der Waals surface area contributed by atoms with Gasteiger partial charge < -0.3 is 20.1 Å². The Morgan fingerprint density at radius 1 is 1.18 bits per heavy atom. The minimum atomic E-state index is -0.339. The summed E-state index contributed by atoms with van der Waals surface area (Å²) in [5.74, 6) is -0.0829. The zero-order valence-corrected chi connectivity index (χ0v) is 15.8. The van der Waals surface area contributed by atoms with E-state index in [1.165, 1.54) is 19.4 Å². The van der Waals surface area contributed by atoms with Crippen LogP contribution in [0.5, 0.6) is 5.75 Å². The SMILES string of the molecule is COc1ccccc1NC(=O)c1ccnc(C(=O)NCCN2CCOCC2)c1. The van der Waals surface area contributed by atoms with Crippen LogP contribution in [0.1, 0.15) is 20.8 Å². The van der Waals surface area contributed by atoms with Crippen LogP contribution in [0.25, 0.3) is 0 Å². The predicted octanol–water partition coefficient (Wildman–Crippen LogP) is 1.40. The van der Waals surface area contributed by atoms with Gasteiger partial charge >= 0.3 is 0 Å². The lowest BCUT2D eigenvalue weighted by Crippen LogP contribution is -2.41. The van der Waals surface area contributed by atoms with Crippen molar-refractivity contribution in [2.75, 3.05) is 51.8 Å². The Kier molecular flexibility index (Phi) is 6.94. The second kappa shape index (κ2) is 9.82. The summed E-state index contributed by atoms with van der Waals surface area (Å²) < 4.78 is 10.5.